The zero-order valence-electron chi connectivity index (χ0n) is 15.2. The highest BCUT2D eigenvalue weighted by molar-refractivity contribution is 7.14. The number of halogens is 1. The number of aromatic nitrogens is 3. The largest absolute Gasteiger partial charge is 0.495 e. The molecular weight excluding hydrogens is 416 g/mol. The van der Waals surface area contributed by atoms with E-state index < -0.39 is 0 Å². The summed E-state index contributed by atoms with van der Waals surface area (Å²) in [6.07, 6.45) is 2.02. The molecule has 0 bridgehead atoms. The molecule has 1 aromatic carbocycles. The van der Waals surface area contributed by atoms with Crippen molar-refractivity contribution in [3.63, 3.8) is 0 Å². The quantitative estimate of drug-likeness (QED) is 0.453. The Bertz CT molecular complexity index is 1120. The number of thiazole rings is 1. The fraction of sp³-hybridized carbons (Fsp3) is 0.158. The van der Waals surface area contributed by atoms with Gasteiger partial charge in [-0.1, -0.05) is 16.8 Å². The molecule has 0 unspecified atom stereocenters. The van der Waals surface area contributed by atoms with E-state index in [1.54, 1.807) is 31.4 Å². The van der Waals surface area contributed by atoms with Crippen molar-refractivity contribution in [2.24, 2.45) is 0 Å². The summed E-state index contributed by atoms with van der Waals surface area (Å²) < 4.78 is 15.5. The van der Waals surface area contributed by atoms with E-state index in [0.717, 1.165) is 11.3 Å². The molecule has 4 aromatic rings. The lowest BCUT2D eigenvalue weighted by Gasteiger charge is -2.04. The van der Waals surface area contributed by atoms with Gasteiger partial charge in [-0.3, -0.25) is 4.79 Å². The summed E-state index contributed by atoms with van der Waals surface area (Å²) in [6, 6.07) is 8.87. The summed E-state index contributed by atoms with van der Waals surface area (Å²) in [6.45, 7) is 0. The van der Waals surface area contributed by atoms with Crippen LogP contribution < -0.4 is 10.1 Å². The molecule has 0 aliphatic rings. The molecule has 0 spiro atoms. The van der Waals surface area contributed by atoms with Gasteiger partial charge < -0.3 is 19.0 Å². The minimum atomic E-state index is -0.198. The highest BCUT2D eigenvalue weighted by atomic mass is 35.5. The summed E-state index contributed by atoms with van der Waals surface area (Å²) in [5.41, 5.74) is 1.55. The molecule has 3 heterocycles. The maximum Gasteiger partial charge on any atom is 0.238 e. The van der Waals surface area contributed by atoms with Crippen LogP contribution in [0, 0.1) is 0 Å². The average molecular weight is 431 g/mol. The topological polar surface area (TPSA) is 103 Å². The van der Waals surface area contributed by atoms with E-state index in [0.29, 0.717) is 39.8 Å². The Morgan fingerprint density at radius 1 is 1.31 bits per heavy atom. The van der Waals surface area contributed by atoms with Gasteiger partial charge in [-0.15, -0.1) is 11.3 Å². The third kappa shape index (κ3) is 4.47. The Morgan fingerprint density at radius 2 is 2.21 bits per heavy atom. The van der Waals surface area contributed by atoms with Crippen LogP contribution in [-0.2, 0) is 11.2 Å². The molecule has 0 atom stereocenters. The van der Waals surface area contributed by atoms with Crippen molar-refractivity contribution in [3.05, 3.63) is 52.9 Å². The number of hydrogen-bond acceptors (Lipinski definition) is 8. The Hall–Kier alpha value is -3.17. The molecule has 0 radical (unpaired) electrons. The molecule has 0 fully saturated rings. The van der Waals surface area contributed by atoms with Gasteiger partial charge in [-0.2, -0.15) is 4.98 Å². The second-order valence-corrected chi connectivity index (χ2v) is 7.19. The summed E-state index contributed by atoms with van der Waals surface area (Å²) in [7, 11) is 1.56. The van der Waals surface area contributed by atoms with Gasteiger partial charge in [0.1, 0.15) is 5.75 Å². The number of carbonyl (C=O) groups is 1. The van der Waals surface area contributed by atoms with Crippen molar-refractivity contribution in [3.8, 4) is 28.6 Å². The fourth-order valence-electron chi connectivity index (χ4n) is 2.55. The SMILES string of the molecule is COc1ccc(-c2csc(NC(=O)CCc3nc(-c4ccco4)no3)n2)cc1Cl. The van der Waals surface area contributed by atoms with E-state index in [1.807, 2.05) is 11.4 Å². The molecule has 0 saturated carbocycles. The average Bonchev–Trinajstić information content (AvgIpc) is 3.47. The van der Waals surface area contributed by atoms with Gasteiger partial charge in [0.05, 0.1) is 24.1 Å². The Kier molecular flexibility index (Phi) is 5.59. The number of benzene rings is 1. The third-order valence-corrected chi connectivity index (χ3v) is 5.03. The normalized spacial score (nSPS) is 10.8. The molecule has 29 heavy (non-hydrogen) atoms. The molecule has 148 valence electrons. The molecule has 0 saturated heterocycles. The van der Waals surface area contributed by atoms with Gasteiger partial charge in [0.2, 0.25) is 17.6 Å². The summed E-state index contributed by atoms with van der Waals surface area (Å²) in [5, 5.41) is 9.46. The zero-order valence-corrected chi connectivity index (χ0v) is 16.8. The predicted octanol–water partition coefficient (Wildman–Crippen LogP) is 4.69. The number of amides is 1. The smallest absolute Gasteiger partial charge is 0.238 e. The molecular formula is C19H15ClN4O4S. The van der Waals surface area contributed by atoms with Gasteiger partial charge in [-0.25, -0.2) is 4.98 Å². The van der Waals surface area contributed by atoms with E-state index in [1.165, 1.54) is 17.6 Å². The van der Waals surface area contributed by atoms with Gasteiger partial charge in [0.25, 0.3) is 0 Å². The summed E-state index contributed by atoms with van der Waals surface area (Å²) in [5.74, 6) is 1.62. The van der Waals surface area contributed by atoms with Crippen molar-refractivity contribution in [2.75, 3.05) is 12.4 Å². The van der Waals surface area contributed by atoms with Crippen LogP contribution in [0.5, 0.6) is 5.75 Å². The molecule has 4 rings (SSSR count). The second-order valence-electron chi connectivity index (χ2n) is 5.92. The third-order valence-electron chi connectivity index (χ3n) is 3.97. The van der Waals surface area contributed by atoms with Crippen molar-refractivity contribution < 1.29 is 18.5 Å². The van der Waals surface area contributed by atoms with Crippen LogP contribution in [0.1, 0.15) is 12.3 Å². The monoisotopic (exact) mass is 430 g/mol. The van der Waals surface area contributed by atoms with Crippen LogP contribution in [0.3, 0.4) is 0 Å². The minimum Gasteiger partial charge on any atom is -0.495 e. The number of methoxy groups -OCH3 is 1. The van der Waals surface area contributed by atoms with Crippen molar-refractivity contribution in [1.82, 2.24) is 15.1 Å². The van der Waals surface area contributed by atoms with Crippen molar-refractivity contribution in [2.45, 2.75) is 12.8 Å². The molecule has 3 aromatic heterocycles. The van der Waals surface area contributed by atoms with Gasteiger partial charge >= 0.3 is 0 Å². The first-order valence-corrected chi connectivity index (χ1v) is 9.84. The Labute approximate surface area is 174 Å². The maximum absolute atomic E-state index is 12.2. The maximum atomic E-state index is 12.2. The fourth-order valence-corrected chi connectivity index (χ4v) is 3.55. The lowest BCUT2D eigenvalue weighted by atomic mass is 10.2. The first-order chi connectivity index (χ1) is 14.1. The summed E-state index contributed by atoms with van der Waals surface area (Å²) in [4.78, 5) is 20.9. The second kappa shape index (κ2) is 8.46. The van der Waals surface area contributed by atoms with E-state index in [4.69, 9.17) is 25.3 Å². The number of furan rings is 1. The van der Waals surface area contributed by atoms with Crippen molar-refractivity contribution in [1.29, 1.82) is 0 Å². The number of hydrogen-bond donors (Lipinski definition) is 1. The van der Waals surface area contributed by atoms with E-state index in [9.17, 15) is 4.79 Å². The van der Waals surface area contributed by atoms with Crippen LogP contribution >= 0.6 is 22.9 Å². The van der Waals surface area contributed by atoms with Gasteiger partial charge in [0, 0.05) is 23.8 Å². The van der Waals surface area contributed by atoms with Gasteiger partial charge in [-0.05, 0) is 30.3 Å². The molecule has 1 amide bonds. The molecule has 1 N–H and O–H groups in total. The Balaban J connectivity index is 1.34. The highest BCUT2D eigenvalue weighted by Crippen LogP contribution is 2.31. The van der Waals surface area contributed by atoms with Crippen LogP contribution in [0.25, 0.3) is 22.8 Å². The van der Waals surface area contributed by atoms with Crippen LogP contribution in [0.2, 0.25) is 5.02 Å². The van der Waals surface area contributed by atoms with Gasteiger partial charge in [0.15, 0.2) is 10.9 Å². The summed E-state index contributed by atoms with van der Waals surface area (Å²) >= 11 is 7.49. The molecule has 0 aliphatic heterocycles. The number of nitrogens with zero attached hydrogens (tertiary/aromatic N) is 3. The number of anilines is 1. The van der Waals surface area contributed by atoms with E-state index >= 15 is 0 Å². The Morgan fingerprint density at radius 3 is 2.97 bits per heavy atom. The van der Waals surface area contributed by atoms with E-state index in [-0.39, 0.29) is 12.3 Å². The number of nitrogens with one attached hydrogen (secondary N) is 1. The standard InChI is InChI=1S/C19H15ClN4O4S/c1-26-14-5-4-11(9-12(14)20)13-10-29-19(21-13)22-16(25)6-7-17-23-18(24-28-17)15-3-2-8-27-15/h2-5,8-10H,6-7H2,1H3,(H,21,22,25). The van der Waals surface area contributed by atoms with Crippen molar-refractivity contribution >= 4 is 34.0 Å². The number of rotatable bonds is 7. The van der Waals surface area contributed by atoms with Crippen LogP contribution in [0.4, 0.5) is 5.13 Å². The molecule has 8 nitrogen and oxygen atoms in total. The number of ether oxygens (including phenoxy) is 1. The highest BCUT2D eigenvalue weighted by Gasteiger charge is 2.14. The van der Waals surface area contributed by atoms with E-state index in [2.05, 4.69) is 20.4 Å². The minimum absolute atomic E-state index is 0.184. The molecule has 0 aliphatic carbocycles. The zero-order chi connectivity index (χ0) is 20.2. The lowest BCUT2D eigenvalue weighted by molar-refractivity contribution is -0.116. The predicted molar refractivity (Wildman–Crippen MR) is 108 cm³/mol. The van der Waals surface area contributed by atoms with Crippen LogP contribution in [-0.4, -0.2) is 28.1 Å². The number of aryl methyl sites for hydroxylation is 1. The van der Waals surface area contributed by atoms with Crippen LogP contribution in [0.15, 0.2) is 50.9 Å². The lowest BCUT2D eigenvalue weighted by Crippen LogP contribution is -2.12. The first-order valence-electron chi connectivity index (χ1n) is 8.58. The first kappa shape index (κ1) is 19.2. The molecule has 10 heteroatoms. The number of carbonyl (C=O) groups excluding carboxylic acids is 1.